The van der Waals surface area contributed by atoms with Crippen LogP contribution in [0.3, 0.4) is 0 Å². The van der Waals surface area contributed by atoms with Gasteiger partial charge in [0.2, 0.25) is 5.91 Å². The summed E-state index contributed by atoms with van der Waals surface area (Å²) >= 11 is 12.3. The maximum atomic E-state index is 13.5. The number of hydrogen-bond acceptors (Lipinski definition) is 6. The first kappa shape index (κ1) is 32.0. The van der Waals surface area contributed by atoms with Crippen molar-refractivity contribution in [1.29, 1.82) is 0 Å². The molecule has 226 valence electrons. The molecule has 0 bridgehead atoms. The van der Waals surface area contributed by atoms with Crippen LogP contribution in [-0.2, 0) is 27.8 Å². The monoisotopic (exact) mass is 637 g/mol. The summed E-state index contributed by atoms with van der Waals surface area (Å²) < 4.78 is 48.2. The Kier molecular flexibility index (Phi) is 10.4. The average molecular weight is 639 g/mol. The molecule has 1 aliphatic heterocycles. The van der Waals surface area contributed by atoms with Gasteiger partial charge in [0, 0.05) is 36.8 Å². The molecule has 0 unspecified atom stereocenters. The number of nitrogens with one attached hydrogen (secondary N) is 1. The number of amides is 1. The highest BCUT2D eigenvalue weighted by Crippen LogP contribution is 2.30. The lowest BCUT2D eigenvalue weighted by Crippen LogP contribution is -2.47. The zero-order valence-corrected chi connectivity index (χ0v) is 25.9. The maximum absolute atomic E-state index is 13.5. The van der Waals surface area contributed by atoms with Crippen LogP contribution in [0.25, 0.3) is 0 Å². The number of sulfonamides is 1. The topological polar surface area (TPSA) is 99.2 Å². The Bertz CT molecular complexity index is 1520. The molecule has 0 fully saturated rings. The number of anilines is 1. The van der Waals surface area contributed by atoms with Crippen molar-refractivity contribution in [3.63, 3.8) is 0 Å². The fourth-order valence-electron chi connectivity index (χ4n) is 4.86. The van der Waals surface area contributed by atoms with E-state index in [-0.39, 0.29) is 41.5 Å². The second-order valence-electron chi connectivity index (χ2n) is 10.7. The molecule has 0 radical (unpaired) electrons. The van der Waals surface area contributed by atoms with Gasteiger partial charge in [0.1, 0.15) is 17.7 Å². The number of likely N-dealkylation sites (N-methyl/N-ethyl adjacent to an activating group) is 1. The minimum Gasteiger partial charge on any atom is -0.488 e. The number of nitrogens with zero attached hydrogens (tertiary/aromatic N) is 2. The van der Waals surface area contributed by atoms with E-state index in [4.69, 9.17) is 27.9 Å². The molecule has 4 rings (SSSR count). The second-order valence-corrected chi connectivity index (χ2v) is 13.2. The van der Waals surface area contributed by atoms with E-state index < -0.39 is 21.9 Å². The molecule has 1 heterocycles. The van der Waals surface area contributed by atoms with E-state index in [1.807, 2.05) is 26.1 Å². The van der Waals surface area contributed by atoms with Gasteiger partial charge < -0.3 is 14.7 Å². The third kappa shape index (κ3) is 7.93. The van der Waals surface area contributed by atoms with Crippen molar-refractivity contribution in [3.8, 4) is 5.75 Å². The van der Waals surface area contributed by atoms with Gasteiger partial charge in [-0.25, -0.2) is 12.8 Å². The van der Waals surface area contributed by atoms with Gasteiger partial charge in [-0.15, -0.1) is 0 Å². The molecule has 0 aliphatic carbocycles. The maximum Gasteiger partial charge on any atom is 0.261 e. The van der Waals surface area contributed by atoms with E-state index in [0.29, 0.717) is 41.0 Å². The number of fused-ring (bicyclic) bond motifs is 1. The lowest BCUT2D eigenvalue weighted by atomic mass is 10.0. The molecular formula is C30H34Cl2FN3O5S. The first-order valence-corrected chi connectivity index (χ1v) is 15.7. The Labute approximate surface area is 256 Å². The highest BCUT2D eigenvalue weighted by Gasteiger charge is 2.31. The summed E-state index contributed by atoms with van der Waals surface area (Å²) in [4.78, 5) is 17.1. The summed E-state index contributed by atoms with van der Waals surface area (Å²) in [6, 6.07) is 14.3. The van der Waals surface area contributed by atoms with Gasteiger partial charge in [-0.2, -0.15) is 0 Å². The Morgan fingerprint density at radius 3 is 2.50 bits per heavy atom. The van der Waals surface area contributed by atoms with E-state index in [1.165, 1.54) is 12.1 Å². The Hall–Kier alpha value is -2.89. The van der Waals surface area contributed by atoms with E-state index in [0.717, 1.165) is 17.7 Å². The van der Waals surface area contributed by atoms with E-state index in [1.54, 1.807) is 36.1 Å². The van der Waals surface area contributed by atoms with Gasteiger partial charge in [0.15, 0.2) is 0 Å². The van der Waals surface area contributed by atoms with Crippen LogP contribution in [0.15, 0.2) is 65.6 Å². The van der Waals surface area contributed by atoms with Crippen LogP contribution in [0.1, 0.15) is 25.0 Å². The van der Waals surface area contributed by atoms with Crippen LogP contribution in [0.2, 0.25) is 10.0 Å². The van der Waals surface area contributed by atoms with E-state index >= 15 is 0 Å². The Balaban J connectivity index is 1.62. The number of carbonyl (C=O) groups is 1. The number of hydrogen-bond donors (Lipinski definition) is 2. The van der Waals surface area contributed by atoms with Crippen molar-refractivity contribution in [2.24, 2.45) is 5.92 Å². The lowest BCUT2D eigenvalue weighted by Gasteiger charge is -2.34. The predicted octanol–water partition coefficient (Wildman–Crippen LogP) is 5.21. The van der Waals surface area contributed by atoms with Crippen molar-refractivity contribution in [2.45, 2.75) is 43.9 Å². The largest absolute Gasteiger partial charge is 0.488 e. The van der Waals surface area contributed by atoms with Crippen molar-refractivity contribution >= 4 is 44.8 Å². The van der Waals surface area contributed by atoms with Crippen molar-refractivity contribution < 1.29 is 27.4 Å². The molecular weight excluding hydrogens is 604 g/mol. The van der Waals surface area contributed by atoms with Crippen LogP contribution in [0.5, 0.6) is 5.75 Å². The molecule has 2 N–H and O–H groups in total. The zero-order valence-electron chi connectivity index (χ0n) is 23.6. The smallest absolute Gasteiger partial charge is 0.261 e. The third-order valence-corrected chi connectivity index (χ3v) is 9.36. The highest BCUT2D eigenvalue weighted by atomic mass is 35.5. The molecule has 3 aromatic carbocycles. The van der Waals surface area contributed by atoms with Crippen molar-refractivity contribution in [2.75, 3.05) is 31.5 Å². The molecule has 1 aliphatic rings. The minimum absolute atomic E-state index is 0.0512. The standard InChI is InChI=1S/C30H34Cl2FN3O5S/c1-19-15-36(20(2)18-37)30(38)14-22-13-24(34-42(39,40)25-8-5-23(33)6-9-25)7-11-28(22)41-29(19)17-35(3)16-21-4-10-26(31)27(32)12-21/h4-13,19-20,29,34,37H,14-18H2,1-3H3/t19-,20-,29-/m1/s1. The molecule has 0 aromatic heterocycles. The number of rotatable bonds is 9. The van der Waals surface area contributed by atoms with Gasteiger partial charge in [0.25, 0.3) is 10.0 Å². The highest BCUT2D eigenvalue weighted by molar-refractivity contribution is 7.92. The van der Waals surface area contributed by atoms with Crippen LogP contribution in [0, 0.1) is 11.7 Å². The number of carbonyl (C=O) groups excluding carboxylic acids is 1. The summed E-state index contributed by atoms with van der Waals surface area (Å²) in [6.07, 6.45) is -0.401. The Morgan fingerprint density at radius 2 is 1.83 bits per heavy atom. The van der Waals surface area contributed by atoms with E-state index in [9.17, 15) is 22.7 Å². The van der Waals surface area contributed by atoms with Gasteiger partial charge in [-0.3, -0.25) is 14.4 Å². The fourth-order valence-corrected chi connectivity index (χ4v) is 6.23. The van der Waals surface area contributed by atoms with Crippen molar-refractivity contribution in [1.82, 2.24) is 9.80 Å². The number of halogens is 3. The third-order valence-electron chi connectivity index (χ3n) is 7.22. The summed E-state index contributed by atoms with van der Waals surface area (Å²) in [7, 11) is -2.05. The summed E-state index contributed by atoms with van der Waals surface area (Å²) in [6.45, 7) is 5.03. The number of benzene rings is 3. The molecule has 0 saturated carbocycles. The molecule has 8 nitrogen and oxygen atoms in total. The summed E-state index contributed by atoms with van der Waals surface area (Å²) in [5.41, 5.74) is 1.71. The SMILES string of the molecule is C[C@@H]1CN([C@H](C)CO)C(=O)Cc2cc(NS(=O)(=O)c3ccc(F)cc3)ccc2O[C@@H]1CN(C)Cc1ccc(Cl)c(Cl)c1. The van der Waals surface area contributed by atoms with Gasteiger partial charge in [-0.1, -0.05) is 36.2 Å². The quantitative estimate of drug-likeness (QED) is 0.334. The molecule has 0 saturated heterocycles. The molecule has 0 spiro atoms. The van der Waals surface area contributed by atoms with Gasteiger partial charge in [0.05, 0.1) is 34.0 Å². The van der Waals surface area contributed by atoms with Crippen LogP contribution in [-0.4, -0.2) is 68.1 Å². The number of aliphatic hydroxyl groups is 1. The average Bonchev–Trinajstić information content (AvgIpc) is 2.98. The summed E-state index contributed by atoms with van der Waals surface area (Å²) in [5, 5.41) is 10.8. The number of aliphatic hydroxyl groups excluding tert-OH is 1. The second kappa shape index (κ2) is 13.6. The van der Waals surface area contributed by atoms with Crippen LogP contribution >= 0.6 is 23.2 Å². The molecule has 42 heavy (non-hydrogen) atoms. The lowest BCUT2D eigenvalue weighted by molar-refractivity contribution is -0.134. The molecule has 3 aromatic rings. The Morgan fingerprint density at radius 1 is 1.12 bits per heavy atom. The zero-order chi connectivity index (χ0) is 30.6. The van der Waals surface area contributed by atoms with Crippen LogP contribution < -0.4 is 9.46 Å². The number of ether oxygens (including phenoxy) is 1. The fraction of sp³-hybridized carbons (Fsp3) is 0.367. The normalized spacial score (nSPS) is 18.5. The molecule has 12 heteroatoms. The van der Waals surface area contributed by atoms with Crippen molar-refractivity contribution in [3.05, 3.63) is 87.7 Å². The molecule has 1 amide bonds. The van der Waals surface area contributed by atoms with Gasteiger partial charge >= 0.3 is 0 Å². The summed E-state index contributed by atoms with van der Waals surface area (Å²) in [5.74, 6) is -0.403. The minimum atomic E-state index is -4.00. The van der Waals surface area contributed by atoms with Crippen LogP contribution in [0.4, 0.5) is 10.1 Å². The van der Waals surface area contributed by atoms with E-state index in [2.05, 4.69) is 9.62 Å². The predicted molar refractivity (Wildman–Crippen MR) is 162 cm³/mol. The first-order chi connectivity index (χ1) is 19.9. The first-order valence-electron chi connectivity index (χ1n) is 13.5. The van der Waals surface area contributed by atoms with Gasteiger partial charge in [-0.05, 0) is 74.1 Å². The molecule has 3 atom stereocenters.